The standard InChI is InChI=1S/C20H30N4O3/c1-3-6-16-13-15(2)17(18(16)7-4-10-23-14-25)8-9-19(26)27-12-5-11-24-20(21)22/h3,6,13,17-18H,2,4-5,7-12H2,1H3,(H4,21,22,24)/b6-3-. The zero-order valence-electron chi connectivity index (χ0n) is 16.0. The highest BCUT2D eigenvalue weighted by molar-refractivity contribution is 5.75. The molecule has 7 heteroatoms. The molecule has 27 heavy (non-hydrogen) atoms. The Morgan fingerprint density at radius 1 is 1.30 bits per heavy atom. The van der Waals surface area contributed by atoms with Gasteiger partial charge in [0.05, 0.1) is 13.2 Å². The molecule has 0 aromatic heterocycles. The van der Waals surface area contributed by atoms with E-state index >= 15 is 0 Å². The van der Waals surface area contributed by atoms with Crippen LogP contribution < -0.4 is 11.5 Å². The minimum absolute atomic E-state index is 0.0374. The van der Waals surface area contributed by atoms with Gasteiger partial charge in [-0.1, -0.05) is 30.4 Å². The number of esters is 1. The molecule has 1 aliphatic rings. The van der Waals surface area contributed by atoms with E-state index in [1.54, 1.807) is 6.08 Å². The molecular weight excluding hydrogens is 344 g/mol. The summed E-state index contributed by atoms with van der Waals surface area (Å²) in [5.74, 6) is 0.294. The maximum absolute atomic E-state index is 12.0. The average molecular weight is 374 g/mol. The van der Waals surface area contributed by atoms with Crippen molar-refractivity contribution in [2.45, 2.75) is 39.0 Å². The Balaban J connectivity index is 2.49. The first-order chi connectivity index (χ1) is 13.0. The van der Waals surface area contributed by atoms with Gasteiger partial charge in [-0.3, -0.25) is 9.79 Å². The van der Waals surface area contributed by atoms with Crippen LogP contribution in [0.1, 0.15) is 39.0 Å². The largest absolute Gasteiger partial charge is 0.466 e. The van der Waals surface area contributed by atoms with Crippen LogP contribution in [0, 0.1) is 11.8 Å². The fourth-order valence-electron chi connectivity index (χ4n) is 3.28. The fraction of sp³-hybridized carbons (Fsp3) is 0.550. The number of rotatable bonds is 12. The molecule has 0 amide bonds. The summed E-state index contributed by atoms with van der Waals surface area (Å²) in [7, 11) is 0. The van der Waals surface area contributed by atoms with Crippen LogP contribution in [-0.4, -0.2) is 37.7 Å². The van der Waals surface area contributed by atoms with E-state index in [-0.39, 0.29) is 23.8 Å². The molecule has 0 radical (unpaired) electrons. The molecule has 4 N–H and O–H groups in total. The van der Waals surface area contributed by atoms with Crippen LogP contribution in [0.3, 0.4) is 0 Å². The summed E-state index contributed by atoms with van der Waals surface area (Å²) in [6.07, 6.45) is 11.1. The van der Waals surface area contributed by atoms with Crippen molar-refractivity contribution in [3.63, 3.8) is 0 Å². The van der Waals surface area contributed by atoms with Gasteiger partial charge < -0.3 is 16.2 Å². The van der Waals surface area contributed by atoms with Crippen LogP contribution in [-0.2, 0) is 14.3 Å². The third-order valence-electron chi connectivity index (χ3n) is 4.47. The number of isocyanates is 1. The number of nitrogens with zero attached hydrogens (tertiary/aromatic N) is 2. The molecule has 0 bridgehead atoms. The van der Waals surface area contributed by atoms with Gasteiger partial charge in [0.15, 0.2) is 5.96 Å². The minimum atomic E-state index is -0.226. The first-order valence-electron chi connectivity index (χ1n) is 9.27. The van der Waals surface area contributed by atoms with Crippen LogP contribution in [0.2, 0.25) is 0 Å². The third-order valence-corrected chi connectivity index (χ3v) is 4.47. The van der Waals surface area contributed by atoms with Crippen LogP contribution in [0.5, 0.6) is 0 Å². The molecule has 148 valence electrons. The maximum Gasteiger partial charge on any atom is 0.305 e. The number of hydrogen-bond donors (Lipinski definition) is 2. The lowest BCUT2D eigenvalue weighted by molar-refractivity contribution is -0.144. The zero-order valence-corrected chi connectivity index (χ0v) is 16.0. The van der Waals surface area contributed by atoms with Crippen molar-refractivity contribution >= 4 is 18.0 Å². The second-order valence-electron chi connectivity index (χ2n) is 6.47. The SMILES string of the molecule is C=C1C=C(/C=C\C)C(CCCN=C=O)C1CCC(=O)OCCCN=C(N)N. The lowest BCUT2D eigenvalue weighted by atomic mass is 9.82. The lowest BCUT2D eigenvalue weighted by Crippen LogP contribution is -2.23. The smallest absolute Gasteiger partial charge is 0.305 e. The van der Waals surface area contributed by atoms with Gasteiger partial charge in [-0.05, 0) is 43.6 Å². The first-order valence-corrected chi connectivity index (χ1v) is 9.27. The molecule has 2 unspecified atom stereocenters. The summed E-state index contributed by atoms with van der Waals surface area (Å²) in [4.78, 5) is 29.7. The van der Waals surface area contributed by atoms with Crippen molar-refractivity contribution in [2.75, 3.05) is 19.7 Å². The van der Waals surface area contributed by atoms with Crippen molar-refractivity contribution < 1.29 is 14.3 Å². The number of carbonyl (C=O) groups excluding carboxylic acids is 2. The van der Waals surface area contributed by atoms with E-state index < -0.39 is 0 Å². The molecule has 1 rings (SSSR count). The normalized spacial score (nSPS) is 18.9. The molecule has 0 fully saturated rings. The zero-order chi connectivity index (χ0) is 20.1. The first kappa shape index (κ1) is 22.4. The summed E-state index contributed by atoms with van der Waals surface area (Å²) >= 11 is 0. The maximum atomic E-state index is 12.0. The van der Waals surface area contributed by atoms with Crippen molar-refractivity contribution in [1.82, 2.24) is 0 Å². The lowest BCUT2D eigenvalue weighted by Gasteiger charge is -2.22. The molecule has 0 aromatic rings. The van der Waals surface area contributed by atoms with Crippen molar-refractivity contribution in [2.24, 2.45) is 33.3 Å². The number of nitrogens with two attached hydrogens (primary N) is 2. The van der Waals surface area contributed by atoms with E-state index in [0.29, 0.717) is 39.0 Å². The van der Waals surface area contributed by atoms with Gasteiger partial charge in [0.25, 0.3) is 0 Å². The molecule has 2 atom stereocenters. The highest BCUT2D eigenvalue weighted by atomic mass is 16.5. The molecule has 0 saturated heterocycles. The van der Waals surface area contributed by atoms with E-state index in [1.165, 1.54) is 5.57 Å². The third kappa shape index (κ3) is 8.51. The van der Waals surface area contributed by atoms with Crippen LogP contribution in [0.4, 0.5) is 0 Å². The number of carbonyl (C=O) groups is 1. The Hall–Kier alpha value is -2.66. The fourth-order valence-corrected chi connectivity index (χ4v) is 3.28. The predicted octanol–water partition coefficient (Wildman–Crippen LogP) is 2.39. The quantitative estimate of drug-likeness (QED) is 0.179. The molecule has 0 saturated carbocycles. The Bertz CT molecular complexity index is 642. The molecular formula is C20H30N4O3. The summed E-state index contributed by atoms with van der Waals surface area (Å²) in [6.45, 7) is 7.35. The van der Waals surface area contributed by atoms with Crippen molar-refractivity contribution in [3.05, 3.63) is 36.0 Å². The molecule has 7 nitrogen and oxygen atoms in total. The van der Waals surface area contributed by atoms with Crippen molar-refractivity contribution in [1.29, 1.82) is 0 Å². The van der Waals surface area contributed by atoms with Gasteiger partial charge in [-0.2, -0.15) is 0 Å². The van der Waals surface area contributed by atoms with Crippen LogP contribution >= 0.6 is 0 Å². The number of ether oxygens (including phenoxy) is 1. The van der Waals surface area contributed by atoms with E-state index in [0.717, 1.165) is 18.4 Å². The van der Waals surface area contributed by atoms with Crippen LogP contribution in [0.25, 0.3) is 0 Å². The Labute approximate surface area is 161 Å². The predicted molar refractivity (Wildman–Crippen MR) is 107 cm³/mol. The Morgan fingerprint density at radius 3 is 2.74 bits per heavy atom. The summed E-state index contributed by atoms with van der Waals surface area (Å²) in [5, 5.41) is 0. The highest BCUT2D eigenvalue weighted by Gasteiger charge is 2.31. The molecule has 0 aromatic carbocycles. The second kappa shape index (κ2) is 12.7. The highest BCUT2D eigenvalue weighted by Crippen LogP contribution is 2.41. The minimum Gasteiger partial charge on any atom is -0.466 e. The van der Waals surface area contributed by atoms with E-state index in [1.807, 2.05) is 13.0 Å². The topological polar surface area (TPSA) is 120 Å². The summed E-state index contributed by atoms with van der Waals surface area (Å²) < 4.78 is 5.23. The van der Waals surface area contributed by atoms with Gasteiger partial charge >= 0.3 is 5.97 Å². The molecule has 0 spiro atoms. The Kier molecular flexibility index (Phi) is 10.5. The van der Waals surface area contributed by atoms with Gasteiger partial charge in [-0.15, -0.1) is 0 Å². The summed E-state index contributed by atoms with van der Waals surface area (Å²) in [5.41, 5.74) is 12.7. The average Bonchev–Trinajstić information content (AvgIpc) is 2.91. The van der Waals surface area contributed by atoms with Gasteiger partial charge in [-0.25, -0.2) is 9.79 Å². The van der Waals surface area contributed by atoms with Gasteiger partial charge in [0, 0.05) is 19.4 Å². The molecule has 1 aliphatic carbocycles. The molecule has 0 aliphatic heterocycles. The van der Waals surface area contributed by atoms with E-state index in [4.69, 9.17) is 16.2 Å². The Morgan fingerprint density at radius 2 is 2.07 bits per heavy atom. The number of hydrogen-bond acceptors (Lipinski definition) is 5. The molecule has 0 heterocycles. The van der Waals surface area contributed by atoms with Crippen LogP contribution in [0.15, 0.2) is 45.9 Å². The van der Waals surface area contributed by atoms with E-state index in [9.17, 15) is 9.59 Å². The van der Waals surface area contributed by atoms with Gasteiger partial charge in [0.1, 0.15) is 0 Å². The van der Waals surface area contributed by atoms with Gasteiger partial charge in [0.2, 0.25) is 6.08 Å². The van der Waals surface area contributed by atoms with Crippen molar-refractivity contribution in [3.8, 4) is 0 Å². The monoisotopic (exact) mass is 374 g/mol. The number of guanidine groups is 1. The summed E-state index contributed by atoms with van der Waals surface area (Å²) in [6, 6.07) is 0. The number of allylic oxidation sites excluding steroid dienone is 5. The number of aliphatic imine (C=N–C) groups is 2. The van der Waals surface area contributed by atoms with E-state index in [2.05, 4.69) is 28.7 Å². The second-order valence-corrected chi connectivity index (χ2v) is 6.47.